The summed E-state index contributed by atoms with van der Waals surface area (Å²) in [6, 6.07) is 7.99. The molecule has 3 amide bonds. The lowest BCUT2D eigenvalue weighted by molar-refractivity contribution is -0.115. The molecule has 2 heterocycles. The molecular weight excluding hydrogens is 324 g/mol. The Bertz CT molecular complexity index is 792. The van der Waals surface area contributed by atoms with Crippen LogP contribution in [-0.4, -0.2) is 29.3 Å². The van der Waals surface area contributed by atoms with Crippen LogP contribution in [0.15, 0.2) is 42.7 Å². The Kier molecular flexibility index (Phi) is 4.42. The molecule has 8 heteroatoms. The van der Waals surface area contributed by atoms with Crippen molar-refractivity contribution in [2.24, 2.45) is 0 Å². The second-order valence-corrected chi connectivity index (χ2v) is 5.86. The van der Waals surface area contributed by atoms with Gasteiger partial charge in [-0.25, -0.2) is 4.79 Å². The second kappa shape index (κ2) is 6.68. The Labute approximate surface area is 144 Å². The fourth-order valence-corrected chi connectivity index (χ4v) is 2.28. The van der Waals surface area contributed by atoms with Crippen LogP contribution in [-0.2, 0) is 4.79 Å². The number of carbonyl (C=O) groups excluding carboxylic acids is 2. The molecule has 0 saturated carbocycles. The van der Waals surface area contributed by atoms with Crippen molar-refractivity contribution >= 4 is 23.3 Å². The minimum atomic E-state index is -0.729. The summed E-state index contributed by atoms with van der Waals surface area (Å²) in [6.45, 7) is 3.43. The number of carbonyl (C=O) groups is 2. The van der Waals surface area contributed by atoms with E-state index in [0.717, 1.165) is 0 Å². The molecule has 0 unspecified atom stereocenters. The van der Waals surface area contributed by atoms with E-state index in [-0.39, 0.29) is 12.5 Å². The number of fused-ring (bicyclic) bond motifs is 1. The largest absolute Gasteiger partial charge is 0.449 e. The molecule has 130 valence electrons. The van der Waals surface area contributed by atoms with Crippen molar-refractivity contribution in [3.63, 3.8) is 0 Å². The number of hydrogen-bond donors (Lipinski definition) is 3. The molecule has 0 radical (unpaired) electrons. The summed E-state index contributed by atoms with van der Waals surface area (Å²) in [5, 5.41) is 7.74. The standard InChI is InChI=1S/C17H18N4O4/c1-17(2)24-13-6-5-11(8-14(13)25-17)21-16(23)19-10-15(22)20-12-4-3-7-18-9-12/h3-9H,10H2,1-2H3,(H,20,22)(H2,19,21,23). The molecule has 25 heavy (non-hydrogen) atoms. The minimum absolute atomic E-state index is 0.168. The van der Waals surface area contributed by atoms with E-state index in [0.29, 0.717) is 22.9 Å². The van der Waals surface area contributed by atoms with Crippen LogP contribution in [0.1, 0.15) is 13.8 Å². The van der Waals surface area contributed by atoms with Gasteiger partial charge in [0.2, 0.25) is 11.7 Å². The first-order valence-corrected chi connectivity index (χ1v) is 7.68. The van der Waals surface area contributed by atoms with E-state index in [1.54, 1.807) is 50.4 Å². The molecular formula is C17H18N4O4. The Morgan fingerprint density at radius 3 is 2.64 bits per heavy atom. The van der Waals surface area contributed by atoms with Crippen LogP contribution in [0.4, 0.5) is 16.2 Å². The third kappa shape index (κ3) is 4.37. The maximum absolute atomic E-state index is 11.9. The van der Waals surface area contributed by atoms with E-state index in [1.165, 1.54) is 6.20 Å². The number of aromatic nitrogens is 1. The quantitative estimate of drug-likeness (QED) is 0.792. The first kappa shape index (κ1) is 16.6. The molecule has 1 aromatic heterocycles. The van der Waals surface area contributed by atoms with Crippen LogP contribution in [0.2, 0.25) is 0 Å². The van der Waals surface area contributed by atoms with Crippen molar-refractivity contribution in [1.29, 1.82) is 0 Å². The smallest absolute Gasteiger partial charge is 0.319 e. The van der Waals surface area contributed by atoms with Gasteiger partial charge in [-0.1, -0.05) is 0 Å². The molecule has 0 bridgehead atoms. The number of nitrogens with zero attached hydrogens (tertiary/aromatic N) is 1. The highest BCUT2D eigenvalue weighted by Crippen LogP contribution is 2.40. The van der Waals surface area contributed by atoms with E-state index in [9.17, 15) is 9.59 Å². The predicted octanol–water partition coefficient (Wildman–Crippen LogP) is 2.35. The van der Waals surface area contributed by atoms with Crippen LogP contribution in [0.5, 0.6) is 11.5 Å². The summed E-state index contributed by atoms with van der Waals surface area (Å²) in [6.07, 6.45) is 3.12. The van der Waals surface area contributed by atoms with Gasteiger partial charge in [0.1, 0.15) is 0 Å². The average Bonchev–Trinajstić information content (AvgIpc) is 2.87. The normalized spacial score (nSPS) is 13.8. The zero-order chi connectivity index (χ0) is 17.9. The zero-order valence-corrected chi connectivity index (χ0v) is 13.8. The topological polar surface area (TPSA) is 102 Å². The second-order valence-electron chi connectivity index (χ2n) is 5.86. The molecule has 0 atom stereocenters. The molecule has 1 aliphatic heterocycles. The van der Waals surface area contributed by atoms with Crippen molar-refractivity contribution < 1.29 is 19.1 Å². The summed E-state index contributed by atoms with van der Waals surface area (Å²) in [7, 11) is 0. The van der Waals surface area contributed by atoms with Gasteiger partial charge < -0.3 is 25.4 Å². The van der Waals surface area contributed by atoms with Gasteiger partial charge in [-0.3, -0.25) is 9.78 Å². The molecule has 3 N–H and O–H groups in total. The number of urea groups is 1. The van der Waals surface area contributed by atoms with Gasteiger partial charge >= 0.3 is 6.03 Å². The van der Waals surface area contributed by atoms with Gasteiger partial charge in [-0.05, 0) is 24.3 Å². The van der Waals surface area contributed by atoms with E-state index in [1.807, 2.05) is 0 Å². The highest BCUT2D eigenvalue weighted by molar-refractivity contribution is 5.96. The number of amides is 3. The molecule has 3 rings (SSSR count). The summed E-state index contributed by atoms with van der Waals surface area (Å²) in [4.78, 5) is 27.6. The molecule has 2 aromatic rings. The number of anilines is 2. The number of pyridine rings is 1. The van der Waals surface area contributed by atoms with E-state index in [2.05, 4.69) is 20.9 Å². The number of hydrogen-bond acceptors (Lipinski definition) is 5. The Morgan fingerprint density at radius 2 is 1.88 bits per heavy atom. The maximum atomic E-state index is 11.9. The lowest BCUT2D eigenvalue weighted by Crippen LogP contribution is -2.35. The van der Waals surface area contributed by atoms with Gasteiger partial charge in [0.15, 0.2) is 11.5 Å². The summed E-state index contributed by atoms with van der Waals surface area (Å²) in [5.74, 6) is 0.0904. The van der Waals surface area contributed by atoms with Crippen LogP contribution in [0, 0.1) is 0 Å². The first-order chi connectivity index (χ1) is 11.9. The molecule has 8 nitrogen and oxygen atoms in total. The van der Waals surface area contributed by atoms with Crippen molar-refractivity contribution in [1.82, 2.24) is 10.3 Å². The number of nitrogens with one attached hydrogen (secondary N) is 3. The molecule has 0 fully saturated rings. The summed E-state index contributed by atoms with van der Waals surface area (Å²) >= 11 is 0. The van der Waals surface area contributed by atoms with Crippen molar-refractivity contribution in [3.05, 3.63) is 42.7 Å². The Hall–Kier alpha value is -3.29. The molecule has 0 aliphatic carbocycles. The monoisotopic (exact) mass is 342 g/mol. The van der Waals surface area contributed by atoms with Gasteiger partial charge in [-0.15, -0.1) is 0 Å². The number of rotatable bonds is 4. The third-order valence-corrected chi connectivity index (χ3v) is 3.27. The Morgan fingerprint density at radius 1 is 1.08 bits per heavy atom. The molecule has 1 aromatic carbocycles. The van der Waals surface area contributed by atoms with E-state index < -0.39 is 11.8 Å². The van der Waals surface area contributed by atoms with Gasteiger partial charge in [0.25, 0.3) is 0 Å². The predicted molar refractivity (Wildman–Crippen MR) is 91.7 cm³/mol. The van der Waals surface area contributed by atoms with E-state index >= 15 is 0 Å². The van der Waals surface area contributed by atoms with Crippen LogP contribution in [0.25, 0.3) is 0 Å². The first-order valence-electron chi connectivity index (χ1n) is 7.68. The van der Waals surface area contributed by atoms with Crippen LogP contribution >= 0.6 is 0 Å². The van der Waals surface area contributed by atoms with Gasteiger partial charge in [0, 0.05) is 31.8 Å². The number of benzene rings is 1. The van der Waals surface area contributed by atoms with Crippen molar-refractivity contribution in [2.75, 3.05) is 17.2 Å². The van der Waals surface area contributed by atoms with Crippen LogP contribution in [0.3, 0.4) is 0 Å². The fraction of sp³-hybridized carbons (Fsp3) is 0.235. The third-order valence-electron chi connectivity index (χ3n) is 3.27. The molecule has 0 spiro atoms. The highest BCUT2D eigenvalue weighted by Gasteiger charge is 2.31. The average molecular weight is 342 g/mol. The van der Waals surface area contributed by atoms with Crippen LogP contribution < -0.4 is 25.4 Å². The van der Waals surface area contributed by atoms with Crippen molar-refractivity contribution in [2.45, 2.75) is 19.6 Å². The van der Waals surface area contributed by atoms with Gasteiger partial charge in [0.05, 0.1) is 18.4 Å². The lowest BCUT2D eigenvalue weighted by atomic mass is 10.3. The lowest BCUT2D eigenvalue weighted by Gasteiger charge is -2.16. The SMILES string of the molecule is CC1(C)Oc2ccc(NC(=O)NCC(=O)Nc3cccnc3)cc2O1. The fourth-order valence-electron chi connectivity index (χ4n) is 2.28. The number of ether oxygens (including phenoxy) is 2. The maximum Gasteiger partial charge on any atom is 0.319 e. The highest BCUT2D eigenvalue weighted by atomic mass is 16.7. The van der Waals surface area contributed by atoms with Gasteiger partial charge in [-0.2, -0.15) is 0 Å². The summed E-state index contributed by atoms with van der Waals surface area (Å²) in [5.41, 5.74) is 1.10. The summed E-state index contributed by atoms with van der Waals surface area (Å²) < 4.78 is 11.2. The van der Waals surface area contributed by atoms with Crippen molar-refractivity contribution in [3.8, 4) is 11.5 Å². The minimum Gasteiger partial charge on any atom is -0.449 e. The Balaban J connectivity index is 1.49. The molecule has 1 aliphatic rings. The zero-order valence-electron chi connectivity index (χ0n) is 13.8. The molecule has 0 saturated heterocycles. The van der Waals surface area contributed by atoms with E-state index in [4.69, 9.17) is 9.47 Å².